The van der Waals surface area contributed by atoms with Gasteiger partial charge in [-0.1, -0.05) is 28.1 Å². The molecule has 1 aromatic carbocycles. The molecule has 5 heteroatoms. The smallest absolute Gasteiger partial charge is 0.308 e. The SMILES string of the molecule is CC1C(C(=O)O)CCN1C(=O)Cc1ccc(Br)cc1. The number of carbonyl (C=O) groups is 2. The predicted molar refractivity (Wildman–Crippen MR) is 74.8 cm³/mol. The summed E-state index contributed by atoms with van der Waals surface area (Å²) in [5, 5.41) is 9.06. The lowest BCUT2D eigenvalue weighted by atomic mass is 10.0. The van der Waals surface area contributed by atoms with Crippen molar-refractivity contribution < 1.29 is 14.7 Å². The highest BCUT2D eigenvalue weighted by Crippen LogP contribution is 2.25. The number of rotatable bonds is 3. The third kappa shape index (κ3) is 3.15. The molecule has 1 saturated heterocycles. The van der Waals surface area contributed by atoms with Crippen LogP contribution in [-0.4, -0.2) is 34.5 Å². The lowest BCUT2D eigenvalue weighted by Gasteiger charge is -2.23. The van der Waals surface area contributed by atoms with Crippen LogP contribution < -0.4 is 0 Å². The Morgan fingerprint density at radius 2 is 2.00 bits per heavy atom. The summed E-state index contributed by atoms with van der Waals surface area (Å²) in [4.78, 5) is 24.9. The number of nitrogens with zero attached hydrogens (tertiary/aromatic N) is 1. The van der Waals surface area contributed by atoms with Crippen LogP contribution in [0.2, 0.25) is 0 Å². The summed E-state index contributed by atoms with van der Waals surface area (Å²) in [7, 11) is 0. The zero-order valence-electron chi connectivity index (χ0n) is 10.7. The highest BCUT2D eigenvalue weighted by molar-refractivity contribution is 9.10. The van der Waals surface area contributed by atoms with Crippen LogP contribution >= 0.6 is 15.9 Å². The Balaban J connectivity index is 2.01. The van der Waals surface area contributed by atoms with E-state index in [9.17, 15) is 9.59 Å². The molecule has 0 radical (unpaired) electrons. The Labute approximate surface area is 120 Å². The topological polar surface area (TPSA) is 57.6 Å². The summed E-state index contributed by atoms with van der Waals surface area (Å²) in [6.07, 6.45) is 0.868. The highest BCUT2D eigenvalue weighted by atomic mass is 79.9. The fourth-order valence-electron chi connectivity index (χ4n) is 2.50. The van der Waals surface area contributed by atoms with Gasteiger partial charge in [-0.05, 0) is 31.0 Å². The van der Waals surface area contributed by atoms with Gasteiger partial charge < -0.3 is 10.0 Å². The second-order valence-corrected chi connectivity index (χ2v) is 5.78. The molecular formula is C14H16BrNO3. The van der Waals surface area contributed by atoms with Crippen molar-refractivity contribution in [3.8, 4) is 0 Å². The van der Waals surface area contributed by atoms with Gasteiger partial charge in [0, 0.05) is 17.1 Å². The van der Waals surface area contributed by atoms with E-state index in [0.29, 0.717) is 19.4 Å². The number of likely N-dealkylation sites (tertiary alicyclic amines) is 1. The Morgan fingerprint density at radius 3 is 2.53 bits per heavy atom. The summed E-state index contributed by atoms with van der Waals surface area (Å²) < 4.78 is 0.976. The van der Waals surface area contributed by atoms with Crippen LogP contribution in [0.15, 0.2) is 28.7 Å². The van der Waals surface area contributed by atoms with Crippen LogP contribution in [0.3, 0.4) is 0 Å². The maximum absolute atomic E-state index is 12.2. The molecule has 2 unspecified atom stereocenters. The van der Waals surface area contributed by atoms with Crippen molar-refractivity contribution in [3.63, 3.8) is 0 Å². The number of benzene rings is 1. The minimum absolute atomic E-state index is 0.00132. The lowest BCUT2D eigenvalue weighted by Crippen LogP contribution is -2.38. The van der Waals surface area contributed by atoms with Gasteiger partial charge in [0.1, 0.15) is 0 Å². The standard InChI is InChI=1S/C14H16BrNO3/c1-9-12(14(18)19)6-7-16(9)13(17)8-10-2-4-11(15)5-3-10/h2-5,9,12H,6-8H2,1H3,(H,18,19). The van der Waals surface area contributed by atoms with Gasteiger partial charge in [0.25, 0.3) is 0 Å². The average Bonchev–Trinajstić information content (AvgIpc) is 2.74. The van der Waals surface area contributed by atoms with E-state index >= 15 is 0 Å². The first-order valence-corrected chi connectivity index (χ1v) is 7.05. The number of hydrogen-bond acceptors (Lipinski definition) is 2. The van der Waals surface area contributed by atoms with Crippen molar-refractivity contribution in [1.82, 2.24) is 4.90 Å². The van der Waals surface area contributed by atoms with Gasteiger partial charge >= 0.3 is 5.97 Å². The summed E-state index contributed by atoms with van der Waals surface area (Å²) in [6.45, 7) is 2.35. The van der Waals surface area contributed by atoms with Crippen molar-refractivity contribution in [1.29, 1.82) is 0 Å². The first-order chi connectivity index (χ1) is 8.99. The summed E-state index contributed by atoms with van der Waals surface area (Å²) in [5.74, 6) is -1.25. The zero-order chi connectivity index (χ0) is 14.0. The molecule has 1 N–H and O–H groups in total. The molecule has 0 spiro atoms. The second-order valence-electron chi connectivity index (χ2n) is 4.86. The monoisotopic (exact) mass is 325 g/mol. The molecule has 0 bridgehead atoms. The van der Waals surface area contributed by atoms with E-state index in [1.807, 2.05) is 31.2 Å². The molecule has 0 aromatic heterocycles. The van der Waals surface area contributed by atoms with Crippen molar-refractivity contribution in [2.45, 2.75) is 25.8 Å². The average molecular weight is 326 g/mol. The van der Waals surface area contributed by atoms with E-state index < -0.39 is 11.9 Å². The summed E-state index contributed by atoms with van der Waals surface area (Å²) >= 11 is 3.35. The molecule has 4 nitrogen and oxygen atoms in total. The molecule has 1 aromatic rings. The van der Waals surface area contributed by atoms with Crippen LogP contribution in [0.4, 0.5) is 0 Å². The third-order valence-electron chi connectivity index (χ3n) is 3.66. The highest BCUT2D eigenvalue weighted by Gasteiger charge is 2.37. The number of carbonyl (C=O) groups excluding carboxylic acids is 1. The Morgan fingerprint density at radius 1 is 1.37 bits per heavy atom. The van der Waals surface area contributed by atoms with Crippen molar-refractivity contribution >= 4 is 27.8 Å². The number of carboxylic acid groups (broad SMARTS) is 1. The molecule has 2 atom stereocenters. The number of hydrogen-bond donors (Lipinski definition) is 1. The zero-order valence-corrected chi connectivity index (χ0v) is 12.3. The van der Waals surface area contributed by atoms with Crippen LogP contribution in [0, 0.1) is 5.92 Å². The fourth-order valence-corrected chi connectivity index (χ4v) is 2.76. The third-order valence-corrected chi connectivity index (χ3v) is 4.19. The van der Waals surface area contributed by atoms with Crippen molar-refractivity contribution in [2.24, 2.45) is 5.92 Å². The number of carboxylic acids is 1. The largest absolute Gasteiger partial charge is 0.481 e. The maximum atomic E-state index is 12.2. The normalized spacial score (nSPS) is 22.5. The number of aliphatic carboxylic acids is 1. The molecule has 1 aliphatic rings. The molecule has 0 saturated carbocycles. The minimum Gasteiger partial charge on any atom is -0.481 e. The van der Waals surface area contributed by atoms with Crippen LogP contribution in [0.5, 0.6) is 0 Å². The van der Waals surface area contributed by atoms with Gasteiger partial charge in [0.2, 0.25) is 5.91 Å². The van der Waals surface area contributed by atoms with E-state index in [2.05, 4.69) is 15.9 Å². The maximum Gasteiger partial charge on any atom is 0.308 e. The van der Waals surface area contributed by atoms with E-state index in [1.165, 1.54) is 0 Å². The van der Waals surface area contributed by atoms with E-state index in [1.54, 1.807) is 4.90 Å². The van der Waals surface area contributed by atoms with E-state index in [4.69, 9.17) is 5.11 Å². The molecule has 1 amide bonds. The minimum atomic E-state index is -0.813. The number of amides is 1. The molecule has 1 heterocycles. The lowest BCUT2D eigenvalue weighted by molar-refractivity contribution is -0.143. The molecule has 1 aliphatic heterocycles. The quantitative estimate of drug-likeness (QED) is 0.927. The Hall–Kier alpha value is -1.36. The van der Waals surface area contributed by atoms with Crippen LogP contribution in [-0.2, 0) is 16.0 Å². The molecule has 0 aliphatic carbocycles. The molecular weight excluding hydrogens is 310 g/mol. The van der Waals surface area contributed by atoms with E-state index in [0.717, 1.165) is 10.0 Å². The van der Waals surface area contributed by atoms with E-state index in [-0.39, 0.29) is 11.9 Å². The molecule has 102 valence electrons. The second kappa shape index (κ2) is 5.74. The predicted octanol–water partition coefficient (Wildman–Crippen LogP) is 2.31. The molecule has 2 rings (SSSR count). The van der Waals surface area contributed by atoms with Gasteiger partial charge in [-0.25, -0.2) is 0 Å². The fraction of sp³-hybridized carbons (Fsp3) is 0.429. The van der Waals surface area contributed by atoms with Gasteiger partial charge in [0.05, 0.1) is 12.3 Å². The summed E-state index contributed by atoms with van der Waals surface area (Å²) in [6, 6.07) is 7.38. The molecule has 19 heavy (non-hydrogen) atoms. The van der Waals surface area contributed by atoms with Crippen LogP contribution in [0.25, 0.3) is 0 Å². The Bertz CT molecular complexity index is 486. The van der Waals surface area contributed by atoms with Crippen molar-refractivity contribution in [2.75, 3.05) is 6.54 Å². The Kier molecular flexibility index (Phi) is 4.24. The summed E-state index contributed by atoms with van der Waals surface area (Å²) in [5.41, 5.74) is 0.944. The van der Waals surface area contributed by atoms with Gasteiger partial charge in [-0.15, -0.1) is 0 Å². The first-order valence-electron chi connectivity index (χ1n) is 6.25. The van der Waals surface area contributed by atoms with Crippen molar-refractivity contribution in [3.05, 3.63) is 34.3 Å². The van der Waals surface area contributed by atoms with Gasteiger partial charge in [-0.2, -0.15) is 0 Å². The molecule has 1 fully saturated rings. The van der Waals surface area contributed by atoms with Gasteiger partial charge in [0.15, 0.2) is 0 Å². The number of halogens is 1. The first kappa shape index (κ1) is 14.1. The van der Waals surface area contributed by atoms with Gasteiger partial charge in [-0.3, -0.25) is 9.59 Å². The van der Waals surface area contributed by atoms with Crippen LogP contribution in [0.1, 0.15) is 18.9 Å².